The second-order valence-electron chi connectivity index (χ2n) is 7.66. The standard InChI is InChI=1S/C24H25ClN4O4S2/c1-4-6-16-22-17(12-19(23(16)33-3)29-35(30,31)21-7-5-10-34-21)24(28-14-27-22)26-13-15-8-9-20(32-2)18(25)11-15/h5,7-12,14,29H,4,6,13H2,1-3H3,(H,26,27,28). The maximum Gasteiger partial charge on any atom is 0.271 e. The number of hydrogen-bond acceptors (Lipinski definition) is 8. The smallest absolute Gasteiger partial charge is 0.271 e. The molecule has 0 saturated carbocycles. The fourth-order valence-corrected chi connectivity index (χ4v) is 6.13. The molecule has 35 heavy (non-hydrogen) atoms. The Morgan fingerprint density at radius 2 is 1.94 bits per heavy atom. The van der Waals surface area contributed by atoms with Crippen molar-refractivity contribution in [1.82, 2.24) is 9.97 Å². The highest BCUT2D eigenvalue weighted by Crippen LogP contribution is 2.39. The van der Waals surface area contributed by atoms with Crippen molar-refractivity contribution in [3.05, 3.63) is 64.3 Å². The van der Waals surface area contributed by atoms with Crippen molar-refractivity contribution in [2.75, 3.05) is 24.3 Å². The van der Waals surface area contributed by atoms with E-state index in [9.17, 15) is 8.42 Å². The first kappa shape index (κ1) is 25.0. The van der Waals surface area contributed by atoms with Crippen molar-refractivity contribution >= 4 is 55.4 Å². The molecule has 0 radical (unpaired) electrons. The molecule has 0 aliphatic heterocycles. The Morgan fingerprint density at radius 3 is 2.60 bits per heavy atom. The number of benzene rings is 2. The third kappa shape index (κ3) is 5.29. The number of aryl methyl sites for hydroxylation is 1. The molecule has 2 aromatic heterocycles. The summed E-state index contributed by atoms with van der Waals surface area (Å²) in [6.07, 6.45) is 2.96. The van der Waals surface area contributed by atoms with Crippen LogP contribution < -0.4 is 19.5 Å². The minimum absolute atomic E-state index is 0.218. The third-order valence-electron chi connectivity index (χ3n) is 5.36. The van der Waals surface area contributed by atoms with Crippen LogP contribution in [0.5, 0.6) is 11.5 Å². The van der Waals surface area contributed by atoms with Crippen LogP contribution in [-0.4, -0.2) is 32.6 Å². The molecule has 0 amide bonds. The Labute approximate surface area is 213 Å². The zero-order valence-corrected chi connectivity index (χ0v) is 21.9. The highest BCUT2D eigenvalue weighted by molar-refractivity contribution is 7.94. The molecule has 0 saturated heterocycles. The quantitative estimate of drug-likeness (QED) is 0.269. The lowest BCUT2D eigenvalue weighted by Crippen LogP contribution is -2.13. The molecular weight excluding hydrogens is 508 g/mol. The number of ether oxygens (including phenoxy) is 2. The summed E-state index contributed by atoms with van der Waals surface area (Å²) in [7, 11) is -0.689. The lowest BCUT2D eigenvalue weighted by atomic mass is 10.0. The average Bonchev–Trinajstić information content (AvgIpc) is 3.39. The van der Waals surface area contributed by atoms with Crippen LogP contribution in [0.3, 0.4) is 0 Å². The molecule has 0 aliphatic carbocycles. The molecule has 184 valence electrons. The normalized spacial score (nSPS) is 11.4. The Bertz CT molecular complexity index is 1440. The van der Waals surface area contributed by atoms with Crippen LogP contribution in [0.15, 0.2) is 52.3 Å². The van der Waals surface area contributed by atoms with E-state index in [0.29, 0.717) is 51.9 Å². The number of hydrogen-bond donors (Lipinski definition) is 2. The van der Waals surface area contributed by atoms with E-state index < -0.39 is 10.0 Å². The van der Waals surface area contributed by atoms with E-state index in [4.69, 9.17) is 21.1 Å². The summed E-state index contributed by atoms with van der Waals surface area (Å²) in [5.74, 6) is 1.62. The van der Waals surface area contributed by atoms with E-state index >= 15 is 0 Å². The summed E-state index contributed by atoms with van der Waals surface area (Å²) in [6.45, 7) is 2.49. The van der Waals surface area contributed by atoms with Crippen LogP contribution in [0.4, 0.5) is 11.5 Å². The number of nitrogens with one attached hydrogen (secondary N) is 2. The first-order chi connectivity index (χ1) is 16.9. The van der Waals surface area contributed by atoms with Gasteiger partial charge in [-0.1, -0.05) is 37.1 Å². The maximum atomic E-state index is 13.0. The minimum Gasteiger partial charge on any atom is -0.495 e. The molecule has 0 spiro atoms. The summed E-state index contributed by atoms with van der Waals surface area (Å²) in [5.41, 5.74) is 2.79. The fraction of sp³-hybridized carbons (Fsp3) is 0.250. The first-order valence-corrected chi connectivity index (χ1v) is 13.6. The van der Waals surface area contributed by atoms with E-state index in [2.05, 4.69) is 20.0 Å². The number of rotatable bonds is 10. The van der Waals surface area contributed by atoms with E-state index in [-0.39, 0.29) is 4.21 Å². The predicted molar refractivity (Wildman–Crippen MR) is 141 cm³/mol. The number of anilines is 2. The summed E-state index contributed by atoms with van der Waals surface area (Å²) in [4.78, 5) is 8.93. The Balaban J connectivity index is 1.77. The number of thiophene rings is 1. The van der Waals surface area contributed by atoms with Gasteiger partial charge < -0.3 is 14.8 Å². The summed E-state index contributed by atoms with van der Waals surface area (Å²) in [5, 5.41) is 6.24. The summed E-state index contributed by atoms with van der Waals surface area (Å²) >= 11 is 7.41. The van der Waals surface area contributed by atoms with E-state index in [1.165, 1.54) is 13.4 Å². The summed E-state index contributed by atoms with van der Waals surface area (Å²) in [6, 6.07) is 10.5. The molecule has 0 unspecified atom stereocenters. The first-order valence-electron chi connectivity index (χ1n) is 10.8. The van der Waals surface area contributed by atoms with Gasteiger partial charge in [-0.2, -0.15) is 0 Å². The molecule has 2 aromatic carbocycles. The van der Waals surface area contributed by atoms with Crippen molar-refractivity contribution < 1.29 is 17.9 Å². The van der Waals surface area contributed by atoms with Crippen molar-refractivity contribution in [2.24, 2.45) is 0 Å². The van der Waals surface area contributed by atoms with Crippen LogP contribution in [0.1, 0.15) is 24.5 Å². The highest BCUT2D eigenvalue weighted by atomic mass is 35.5. The molecule has 11 heteroatoms. The number of methoxy groups -OCH3 is 2. The molecule has 2 heterocycles. The molecule has 4 rings (SSSR count). The van der Waals surface area contributed by atoms with Gasteiger partial charge in [-0.3, -0.25) is 4.72 Å². The van der Waals surface area contributed by atoms with Crippen LogP contribution in [0.25, 0.3) is 10.9 Å². The fourth-order valence-electron chi connectivity index (χ4n) is 3.80. The largest absolute Gasteiger partial charge is 0.495 e. The second kappa shape index (κ2) is 10.7. The molecule has 2 N–H and O–H groups in total. The Kier molecular flexibility index (Phi) is 7.63. The monoisotopic (exact) mass is 532 g/mol. The lowest BCUT2D eigenvalue weighted by Gasteiger charge is -2.18. The maximum absolute atomic E-state index is 13.0. The number of sulfonamides is 1. The van der Waals surface area contributed by atoms with Crippen LogP contribution in [0.2, 0.25) is 5.02 Å². The van der Waals surface area contributed by atoms with Gasteiger partial charge in [-0.15, -0.1) is 11.3 Å². The van der Waals surface area contributed by atoms with Gasteiger partial charge in [0.15, 0.2) is 0 Å². The Morgan fingerprint density at radius 1 is 1.11 bits per heavy atom. The molecule has 8 nitrogen and oxygen atoms in total. The molecule has 0 bridgehead atoms. The molecule has 0 fully saturated rings. The molecule has 0 aliphatic rings. The lowest BCUT2D eigenvalue weighted by molar-refractivity contribution is 0.412. The van der Waals surface area contributed by atoms with Gasteiger partial charge in [-0.05, 0) is 41.6 Å². The van der Waals surface area contributed by atoms with Crippen molar-refractivity contribution in [3.63, 3.8) is 0 Å². The Hall–Kier alpha value is -3.08. The number of nitrogens with zero attached hydrogens (tertiary/aromatic N) is 2. The van der Waals surface area contributed by atoms with Gasteiger partial charge in [0.25, 0.3) is 10.0 Å². The average molecular weight is 533 g/mol. The van der Waals surface area contributed by atoms with Gasteiger partial charge >= 0.3 is 0 Å². The van der Waals surface area contributed by atoms with Gasteiger partial charge in [-0.25, -0.2) is 18.4 Å². The zero-order chi connectivity index (χ0) is 25.0. The van der Waals surface area contributed by atoms with Crippen molar-refractivity contribution in [3.8, 4) is 11.5 Å². The van der Waals surface area contributed by atoms with Crippen LogP contribution in [-0.2, 0) is 23.0 Å². The third-order valence-corrected chi connectivity index (χ3v) is 8.42. The predicted octanol–water partition coefficient (Wildman–Crippen LogP) is 5.73. The number of aromatic nitrogens is 2. The minimum atomic E-state index is -3.78. The molecular formula is C24H25ClN4O4S2. The highest BCUT2D eigenvalue weighted by Gasteiger charge is 2.22. The van der Waals surface area contributed by atoms with Gasteiger partial charge in [0.05, 0.1) is 30.4 Å². The van der Waals surface area contributed by atoms with E-state index in [1.807, 2.05) is 19.1 Å². The van der Waals surface area contributed by atoms with Gasteiger partial charge in [0.2, 0.25) is 0 Å². The molecule has 0 atom stereocenters. The SMILES string of the molecule is CCCc1c(OC)c(NS(=O)(=O)c2cccs2)cc2c(NCc3ccc(OC)c(Cl)c3)ncnc12. The van der Waals surface area contributed by atoms with Gasteiger partial charge in [0, 0.05) is 17.5 Å². The summed E-state index contributed by atoms with van der Waals surface area (Å²) < 4.78 is 39.8. The van der Waals surface area contributed by atoms with Crippen LogP contribution >= 0.6 is 22.9 Å². The van der Waals surface area contributed by atoms with E-state index in [0.717, 1.165) is 28.9 Å². The number of fused-ring (bicyclic) bond motifs is 1. The number of halogens is 1. The van der Waals surface area contributed by atoms with Crippen molar-refractivity contribution in [1.29, 1.82) is 0 Å². The van der Waals surface area contributed by atoms with Gasteiger partial charge in [0.1, 0.15) is 27.9 Å². The second-order valence-corrected chi connectivity index (χ2v) is 10.9. The molecule has 4 aromatic rings. The zero-order valence-electron chi connectivity index (χ0n) is 19.5. The van der Waals surface area contributed by atoms with E-state index in [1.54, 1.807) is 36.8 Å². The van der Waals surface area contributed by atoms with Crippen LogP contribution in [0, 0.1) is 0 Å². The topological polar surface area (TPSA) is 102 Å². The van der Waals surface area contributed by atoms with Crippen molar-refractivity contribution in [2.45, 2.75) is 30.5 Å².